The summed E-state index contributed by atoms with van der Waals surface area (Å²) in [5.41, 5.74) is 8.43. The number of anilines is 1. The summed E-state index contributed by atoms with van der Waals surface area (Å²) in [6, 6.07) is 8.13. The van der Waals surface area contributed by atoms with Gasteiger partial charge in [0, 0.05) is 11.4 Å². The summed E-state index contributed by atoms with van der Waals surface area (Å²) in [5, 5.41) is 3.93. The van der Waals surface area contributed by atoms with Gasteiger partial charge >= 0.3 is 0 Å². The maximum absolute atomic E-state index is 12.1. The Morgan fingerprint density at radius 1 is 1.33 bits per heavy atom. The zero-order chi connectivity index (χ0) is 14.4. The summed E-state index contributed by atoms with van der Waals surface area (Å²) in [6.45, 7) is 0.187. The molecule has 21 heavy (non-hydrogen) atoms. The van der Waals surface area contributed by atoms with E-state index in [1.807, 2.05) is 24.3 Å². The Bertz CT molecular complexity index is 850. The smallest absolute Gasteiger partial charge is 0.240 e. The highest BCUT2D eigenvalue weighted by Crippen LogP contribution is 2.25. The molecule has 2 aromatic heterocycles. The largest absolute Gasteiger partial charge is 0.369 e. The summed E-state index contributed by atoms with van der Waals surface area (Å²) in [4.78, 5) is 20.7. The first-order valence-electron chi connectivity index (χ1n) is 7.01. The summed E-state index contributed by atoms with van der Waals surface area (Å²) in [6.07, 6.45) is 3.83. The van der Waals surface area contributed by atoms with Gasteiger partial charge in [-0.3, -0.25) is 9.78 Å². The second-order valence-corrected chi connectivity index (χ2v) is 5.41. The van der Waals surface area contributed by atoms with Crippen LogP contribution in [0.25, 0.3) is 21.9 Å². The van der Waals surface area contributed by atoms with Crippen LogP contribution in [0.4, 0.5) is 5.95 Å². The highest BCUT2D eigenvalue weighted by atomic mass is 16.2. The van der Waals surface area contributed by atoms with E-state index in [-0.39, 0.29) is 12.5 Å². The van der Waals surface area contributed by atoms with E-state index >= 15 is 0 Å². The van der Waals surface area contributed by atoms with Crippen molar-refractivity contribution in [3.63, 3.8) is 0 Å². The average molecular weight is 281 g/mol. The number of nitrogens with zero attached hydrogens (tertiary/aromatic N) is 3. The Morgan fingerprint density at radius 3 is 2.95 bits per heavy atom. The number of imidazole rings is 1. The number of hydrogen-bond donors (Lipinski definition) is 2. The van der Waals surface area contributed by atoms with E-state index in [4.69, 9.17) is 5.73 Å². The van der Waals surface area contributed by atoms with E-state index in [0.717, 1.165) is 29.3 Å². The highest BCUT2D eigenvalue weighted by molar-refractivity contribution is 6.03. The van der Waals surface area contributed by atoms with Gasteiger partial charge in [0.25, 0.3) is 0 Å². The fraction of sp³-hybridized carbons (Fsp3) is 0.267. The molecule has 3 aromatic rings. The number of aromatic nitrogens is 3. The van der Waals surface area contributed by atoms with Crippen LogP contribution >= 0.6 is 0 Å². The molecule has 6 heteroatoms. The van der Waals surface area contributed by atoms with Crippen LogP contribution in [0.15, 0.2) is 30.5 Å². The quantitative estimate of drug-likeness (QED) is 0.760. The van der Waals surface area contributed by atoms with Gasteiger partial charge in [-0.05, 0) is 18.9 Å². The van der Waals surface area contributed by atoms with Gasteiger partial charge in [0.1, 0.15) is 12.1 Å². The van der Waals surface area contributed by atoms with Gasteiger partial charge in [0.05, 0.1) is 17.2 Å². The third kappa shape index (κ3) is 2.08. The van der Waals surface area contributed by atoms with Crippen LogP contribution in [-0.2, 0) is 11.3 Å². The Morgan fingerprint density at radius 2 is 2.14 bits per heavy atom. The lowest BCUT2D eigenvalue weighted by Gasteiger charge is -2.08. The molecule has 0 spiro atoms. The second kappa shape index (κ2) is 4.44. The molecular formula is C15H15N5O. The molecule has 0 unspecified atom stereocenters. The Labute approximate surface area is 121 Å². The van der Waals surface area contributed by atoms with E-state index in [0.29, 0.717) is 17.5 Å². The fourth-order valence-corrected chi connectivity index (χ4v) is 2.58. The molecule has 1 aromatic carbocycles. The lowest BCUT2D eigenvalue weighted by molar-refractivity contribution is -0.121. The van der Waals surface area contributed by atoms with Crippen LogP contribution < -0.4 is 11.1 Å². The van der Waals surface area contributed by atoms with Crippen molar-refractivity contribution < 1.29 is 4.79 Å². The summed E-state index contributed by atoms with van der Waals surface area (Å²) < 4.78 is 1.76. The monoisotopic (exact) mass is 281 g/mol. The number of nitrogen functional groups attached to an aromatic ring is 1. The van der Waals surface area contributed by atoms with Gasteiger partial charge in [-0.15, -0.1) is 0 Å². The third-order valence-electron chi connectivity index (χ3n) is 3.75. The molecule has 0 radical (unpaired) electrons. The maximum atomic E-state index is 12.1. The Kier molecular flexibility index (Phi) is 2.57. The lowest BCUT2D eigenvalue weighted by Crippen LogP contribution is -2.29. The molecule has 1 aliphatic rings. The normalized spacial score (nSPS) is 14.7. The van der Waals surface area contributed by atoms with E-state index in [2.05, 4.69) is 15.3 Å². The molecule has 3 N–H and O–H groups in total. The van der Waals surface area contributed by atoms with Crippen LogP contribution in [0, 0.1) is 0 Å². The number of carbonyl (C=O) groups is 1. The first-order valence-corrected chi connectivity index (χ1v) is 7.01. The van der Waals surface area contributed by atoms with Crippen molar-refractivity contribution in [2.45, 2.75) is 25.4 Å². The molecule has 0 aliphatic heterocycles. The van der Waals surface area contributed by atoms with Crippen LogP contribution in [0.3, 0.4) is 0 Å². The van der Waals surface area contributed by atoms with Crippen LogP contribution in [0.2, 0.25) is 0 Å². The number of amides is 1. The molecule has 1 aliphatic carbocycles. The molecular weight excluding hydrogens is 266 g/mol. The topological polar surface area (TPSA) is 85.8 Å². The third-order valence-corrected chi connectivity index (χ3v) is 3.75. The van der Waals surface area contributed by atoms with Crippen molar-refractivity contribution in [1.29, 1.82) is 0 Å². The predicted octanol–water partition coefficient (Wildman–Crippen LogP) is 1.45. The lowest BCUT2D eigenvalue weighted by atomic mass is 10.2. The molecule has 0 saturated heterocycles. The van der Waals surface area contributed by atoms with Crippen molar-refractivity contribution in [1.82, 2.24) is 19.9 Å². The van der Waals surface area contributed by atoms with Gasteiger partial charge in [0.15, 0.2) is 0 Å². The zero-order valence-corrected chi connectivity index (χ0v) is 11.4. The van der Waals surface area contributed by atoms with Gasteiger partial charge < -0.3 is 15.6 Å². The standard InChI is InChI=1S/C15H15N5O/c16-15-19-12-7-17-11-4-2-1-3-10(11)14(12)20(15)8-13(21)18-9-5-6-9/h1-4,7,9H,5-6,8H2,(H2,16,19)(H,18,21). The van der Waals surface area contributed by atoms with Crippen LogP contribution in [0.5, 0.6) is 0 Å². The predicted molar refractivity (Wildman–Crippen MR) is 80.6 cm³/mol. The summed E-state index contributed by atoms with van der Waals surface area (Å²) in [7, 11) is 0. The maximum Gasteiger partial charge on any atom is 0.240 e. The summed E-state index contributed by atoms with van der Waals surface area (Å²) >= 11 is 0. The minimum atomic E-state index is -0.0237. The zero-order valence-electron chi connectivity index (χ0n) is 11.4. The van der Waals surface area contributed by atoms with Crippen molar-refractivity contribution in [3.8, 4) is 0 Å². The highest BCUT2D eigenvalue weighted by Gasteiger charge is 2.24. The number of hydrogen-bond acceptors (Lipinski definition) is 4. The molecule has 0 bridgehead atoms. The molecule has 4 rings (SSSR count). The van der Waals surface area contributed by atoms with Gasteiger partial charge in [-0.25, -0.2) is 4.98 Å². The number of carbonyl (C=O) groups excluding carboxylic acids is 1. The number of rotatable bonds is 3. The van der Waals surface area contributed by atoms with Gasteiger partial charge in [-0.1, -0.05) is 18.2 Å². The van der Waals surface area contributed by atoms with Crippen molar-refractivity contribution in [3.05, 3.63) is 30.5 Å². The van der Waals surface area contributed by atoms with Crippen LogP contribution in [-0.4, -0.2) is 26.5 Å². The average Bonchev–Trinajstić information content (AvgIpc) is 3.23. The molecule has 0 atom stereocenters. The van der Waals surface area contributed by atoms with Crippen molar-refractivity contribution in [2.24, 2.45) is 0 Å². The first kappa shape index (κ1) is 12.1. The van der Waals surface area contributed by atoms with E-state index in [1.54, 1.807) is 10.8 Å². The van der Waals surface area contributed by atoms with Crippen LogP contribution in [0.1, 0.15) is 12.8 Å². The van der Waals surface area contributed by atoms with Crippen molar-refractivity contribution >= 4 is 33.8 Å². The molecule has 2 heterocycles. The number of para-hydroxylation sites is 1. The number of pyridine rings is 1. The summed E-state index contributed by atoms with van der Waals surface area (Å²) in [5.74, 6) is 0.318. The number of nitrogens with two attached hydrogens (primary N) is 1. The second-order valence-electron chi connectivity index (χ2n) is 5.41. The van der Waals surface area contributed by atoms with Gasteiger partial charge in [-0.2, -0.15) is 0 Å². The molecule has 1 fully saturated rings. The van der Waals surface area contributed by atoms with Gasteiger partial charge in [0.2, 0.25) is 11.9 Å². The van der Waals surface area contributed by atoms with E-state index in [1.165, 1.54) is 0 Å². The molecule has 1 saturated carbocycles. The molecule has 6 nitrogen and oxygen atoms in total. The number of benzene rings is 1. The van der Waals surface area contributed by atoms with E-state index in [9.17, 15) is 4.79 Å². The molecule has 1 amide bonds. The minimum Gasteiger partial charge on any atom is -0.369 e. The fourth-order valence-electron chi connectivity index (χ4n) is 2.58. The number of nitrogens with one attached hydrogen (secondary N) is 1. The van der Waals surface area contributed by atoms with E-state index < -0.39 is 0 Å². The minimum absolute atomic E-state index is 0.0237. The van der Waals surface area contributed by atoms with Crippen molar-refractivity contribution in [2.75, 3.05) is 5.73 Å². The Hall–Kier alpha value is -2.63. The Balaban J connectivity index is 1.84. The number of fused-ring (bicyclic) bond motifs is 3. The molecule has 106 valence electrons. The first-order chi connectivity index (χ1) is 10.2. The SMILES string of the molecule is Nc1nc2cnc3ccccc3c2n1CC(=O)NC1CC1.